The molecule has 0 aromatic heterocycles. The highest BCUT2D eigenvalue weighted by Crippen LogP contribution is 2.48. The van der Waals surface area contributed by atoms with Gasteiger partial charge in [-0.1, -0.05) is 23.7 Å². The Morgan fingerprint density at radius 3 is 2.50 bits per heavy atom. The highest BCUT2D eigenvalue weighted by atomic mass is 35.7. The molecule has 16 heavy (non-hydrogen) atoms. The van der Waals surface area contributed by atoms with E-state index in [1.54, 1.807) is 6.07 Å². The summed E-state index contributed by atoms with van der Waals surface area (Å²) in [5, 5.41) is 0.000250. The molecule has 1 aromatic rings. The molecule has 2 rings (SSSR count). The smallest absolute Gasteiger partial charge is 0.212 e. The van der Waals surface area contributed by atoms with Crippen molar-refractivity contribution in [3.63, 3.8) is 0 Å². The molecule has 0 radical (unpaired) electrons. The van der Waals surface area contributed by atoms with Gasteiger partial charge in [0.2, 0.25) is 9.05 Å². The van der Waals surface area contributed by atoms with Crippen molar-refractivity contribution in [1.82, 2.24) is 0 Å². The van der Waals surface area contributed by atoms with Gasteiger partial charge in [-0.25, -0.2) is 12.8 Å². The first-order valence-corrected chi connectivity index (χ1v) is 7.42. The Morgan fingerprint density at radius 2 is 2.00 bits per heavy atom. The fraction of sp³-hybridized carbons (Fsp3) is 0.400. The van der Waals surface area contributed by atoms with E-state index in [-0.39, 0.29) is 11.4 Å². The van der Waals surface area contributed by atoms with Gasteiger partial charge in [0.25, 0.3) is 0 Å². The van der Waals surface area contributed by atoms with Gasteiger partial charge in [-0.2, -0.15) is 0 Å². The first-order valence-electron chi connectivity index (χ1n) is 4.73. The van der Waals surface area contributed by atoms with Crippen LogP contribution in [-0.4, -0.2) is 13.2 Å². The summed E-state index contributed by atoms with van der Waals surface area (Å²) in [7, 11) is 1.69. The molecule has 0 spiro atoms. The molecule has 1 aromatic carbocycles. The van der Waals surface area contributed by atoms with E-state index in [0.29, 0.717) is 18.4 Å². The SMILES string of the molecule is O=S(=O)(Cl)C1(Cc2cccc(Cl)c2F)CC1. The Hall–Kier alpha value is -0.320. The molecule has 0 aliphatic heterocycles. The third-order valence-electron chi connectivity index (χ3n) is 2.87. The molecule has 0 N–H and O–H groups in total. The van der Waals surface area contributed by atoms with Crippen molar-refractivity contribution in [3.8, 4) is 0 Å². The van der Waals surface area contributed by atoms with Crippen molar-refractivity contribution in [2.75, 3.05) is 0 Å². The molecule has 1 fully saturated rings. The third-order valence-corrected chi connectivity index (χ3v) is 5.73. The number of hydrogen-bond acceptors (Lipinski definition) is 2. The maximum atomic E-state index is 13.6. The first kappa shape index (κ1) is 12.1. The number of hydrogen-bond donors (Lipinski definition) is 0. The van der Waals surface area contributed by atoms with Gasteiger partial charge in [-0.3, -0.25) is 0 Å². The van der Waals surface area contributed by atoms with Crippen molar-refractivity contribution < 1.29 is 12.8 Å². The summed E-state index contributed by atoms with van der Waals surface area (Å²) >= 11 is 5.62. The molecule has 0 bridgehead atoms. The minimum absolute atomic E-state index is 0.000250. The molecule has 1 aliphatic carbocycles. The zero-order valence-corrected chi connectivity index (χ0v) is 10.5. The van der Waals surface area contributed by atoms with E-state index in [1.807, 2.05) is 0 Å². The zero-order chi connectivity index (χ0) is 12.0. The quantitative estimate of drug-likeness (QED) is 0.799. The topological polar surface area (TPSA) is 34.1 Å². The van der Waals surface area contributed by atoms with Crippen LogP contribution in [0.1, 0.15) is 18.4 Å². The lowest BCUT2D eigenvalue weighted by Gasteiger charge is -2.12. The number of benzene rings is 1. The van der Waals surface area contributed by atoms with Crippen LogP contribution in [-0.2, 0) is 15.5 Å². The molecule has 0 amide bonds. The molecule has 0 atom stereocenters. The summed E-state index contributed by atoms with van der Waals surface area (Å²) in [6.45, 7) is 0. The second-order valence-electron chi connectivity index (χ2n) is 4.01. The standard InChI is InChI=1S/C10H9Cl2FO2S/c11-8-3-1-2-7(9(8)13)6-10(4-5-10)16(12,14)15/h1-3H,4-6H2. The van der Waals surface area contributed by atoms with Gasteiger partial charge >= 0.3 is 0 Å². The average molecular weight is 283 g/mol. The molecular formula is C10H9Cl2FO2S. The van der Waals surface area contributed by atoms with Gasteiger partial charge in [-0.15, -0.1) is 0 Å². The van der Waals surface area contributed by atoms with E-state index in [4.69, 9.17) is 22.3 Å². The largest absolute Gasteiger partial charge is 0.238 e. The summed E-state index contributed by atoms with van der Waals surface area (Å²) in [5.41, 5.74) is 0.300. The van der Waals surface area contributed by atoms with Crippen LogP contribution in [0.4, 0.5) is 4.39 Å². The van der Waals surface area contributed by atoms with Crippen LogP contribution in [0.2, 0.25) is 5.02 Å². The fourth-order valence-electron chi connectivity index (χ4n) is 1.68. The van der Waals surface area contributed by atoms with Crippen molar-refractivity contribution in [1.29, 1.82) is 0 Å². The van der Waals surface area contributed by atoms with Gasteiger partial charge in [0, 0.05) is 10.7 Å². The normalized spacial score (nSPS) is 18.4. The lowest BCUT2D eigenvalue weighted by atomic mass is 10.1. The van der Waals surface area contributed by atoms with Crippen LogP contribution < -0.4 is 0 Å². The minimum Gasteiger partial charge on any atom is -0.212 e. The first-order chi connectivity index (χ1) is 7.36. The van der Waals surface area contributed by atoms with Crippen LogP contribution in [0.25, 0.3) is 0 Å². The van der Waals surface area contributed by atoms with Gasteiger partial charge in [-0.05, 0) is 30.9 Å². The summed E-state index contributed by atoms with van der Waals surface area (Å²) in [6, 6.07) is 4.55. The monoisotopic (exact) mass is 282 g/mol. The van der Waals surface area contributed by atoms with Crippen LogP contribution >= 0.6 is 22.3 Å². The fourth-order valence-corrected chi connectivity index (χ4v) is 3.42. The Kier molecular flexibility index (Phi) is 2.93. The molecule has 1 saturated carbocycles. The van der Waals surface area contributed by atoms with E-state index >= 15 is 0 Å². The summed E-state index contributed by atoms with van der Waals surface area (Å²) in [6.07, 6.45) is 1.04. The van der Waals surface area contributed by atoms with E-state index in [0.717, 1.165) is 0 Å². The summed E-state index contributed by atoms with van der Waals surface area (Å²) in [5.74, 6) is -0.559. The maximum absolute atomic E-state index is 13.6. The molecule has 2 nitrogen and oxygen atoms in total. The van der Waals surface area contributed by atoms with Crippen molar-refractivity contribution in [2.24, 2.45) is 0 Å². The summed E-state index contributed by atoms with van der Waals surface area (Å²) < 4.78 is 35.2. The summed E-state index contributed by atoms with van der Waals surface area (Å²) in [4.78, 5) is 0. The zero-order valence-electron chi connectivity index (χ0n) is 8.21. The van der Waals surface area contributed by atoms with Crippen molar-refractivity contribution in [3.05, 3.63) is 34.6 Å². The van der Waals surface area contributed by atoms with Gasteiger partial charge < -0.3 is 0 Å². The van der Waals surface area contributed by atoms with Gasteiger partial charge in [0.15, 0.2) is 0 Å². The lowest BCUT2D eigenvalue weighted by molar-refractivity contribution is 0.579. The maximum Gasteiger partial charge on any atom is 0.238 e. The second-order valence-corrected chi connectivity index (χ2v) is 7.38. The molecule has 0 saturated heterocycles. The number of rotatable bonds is 3. The van der Waals surface area contributed by atoms with E-state index in [2.05, 4.69) is 0 Å². The Morgan fingerprint density at radius 1 is 1.38 bits per heavy atom. The van der Waals surface area contributed by atoms with Crippen molar-refractivity contribution in [2.45, 2.75) is 24.0 Å². The average Bonchev–Trinajstić information content (AvgIpc) is 2.93. The second kappa shape index (κ2) is 3.86. The van der Waals surface area contributed by atoms with E-state index < -0.39 is 19.6 Å². The molecule has 88 valence electrons. The minimum atomic E-state index is -3.66. The Bertz CT molecular complexity index is 524. The highest BCUT2D eigenvalue weighted by molar-refractivity contribution is 8.15. The van der Waals surface area contributed by atoms with E-state index in [9.17, 15) is 12.8 Å². The van der Waals surface area contributed by atoms with Crippen molar-refractivity contribution >= 4 is 31.3 Å². The van der Waals surface area contributed by atoms with E-state index in [1.165, 1.54) is 12.1 Å². The highest BCUT2D eigenvalue weighted by Gasteiger charge is 2.53. The molecule has 1 aliphatic rings. The third kappa shape index (κ3) is 2.06. The Balaban J connectivity index is 2.33. The number of halogens is 3. The molecule has 0 heterocycles. The van der Waals surface area contributed by atoms with Crippen LogP contribution in [0.5, 0.6) is 0 Å². The Labute approximate surface area is 103 Å². The van der Waals surface area contributed by atoms with Gasteiger partial charge in [0.05, 0.1) is 9.77 Å². The van der Waals surface area contributed by atoms with Gasteiger partial charge in [0.1, 0.15) is 5.82 Å². The van der Waals surface area contributed by atoms with Crippen LogP contribution in [0, 0.1) is 5.82 Å². The molecule has 6 heteroatoms. The molecular weight excluding hydrogens is 274 g/mol. The molecule has 0 unspecified atom stereocenters. The van der Waals surface area contributed by atoms with Crippen LogP contribution in [0.15, 0.2) is 18.2 Å². The lowest BCUT2D eigenvalue weighted by Crippen LogP contribution is -2.21. The predicted octanol–water partition coefficient (Wildman–Crippen LogP) is 3.12. The van der Waals surface area contributed by atoms with Crippen LogP contribution in [0.3, 0.4) is 0 Å². The predicted molar refractivity (Wildman–Crippen MR) is 61.9 cm³/mol.